The normalized spacial score (nSPS) is 12.6. The lowest BCUT2D eigenvalue weighted by Gasteiger charge is -2.15. The topological polar surface area (TPSA) is 42.7 Å². The summed E-state index contributed by atoms with van der Waals surface area (Å²) in [6.45, 7) is 0. The second-order valence-electron chi connectivity index (χ2n) is 3.98. The van der Waals surface area contributed by atoms with Gasteiger partial charge in [-0.05, 0) is 47.3 Å². The van der Waals surface area contributed by atoms with Crippen LogP contribution in [0.1, 0.15) is 17.3 Å². The summed E-state index contributed by atoms with van der Waals surface area (Å²) in [5.41, 5.74) is 2.29. The molecule has 1 N–H and O–H groups in total. The van der Waals surface area contributed by atoms with Gasteiger partial charge in [0.15, 0.2) is 0 Å². The predicted molar refractivity (Wildman–Crippen MR) is 75.7 cm³/mol. The Bertz CT molecular complexity index is 495. The van der Waals surface area contributed by atoms with Crippen molar-refractivity contribution in [3.63, 3.8) is 0 Å². The molecule has 5 heteroatoms. The van der Waals surface area contributed by atoms with Gasteiger partial charge in [-0.15, -0.1) is 5.10 Å². The molecule has 0 bridgehead atoms. The van der Waals surface area contributed by atoms with Crippen molar-refractivity contribution in [2.45, 2.75) is 12.5 Å². The SMILES string of the molecule is CNC(Cc1cn(C)nn1)c1cccc(I)c1. The Morgan fingerprint density at radius 2 is 2.29 bits per heavy atom. The molecule has 1 aromatic heterocycles. The van der Waals surface area contributed by atoms with E-state index in [4.69, 9.17) is 0 Å². The minimum atomic E-state index is 0.279. The molecule has 0 amide bonds. The summed E-state index contributed by atoms with van der Waals surface area (Å²) in [6.07, 6.45) is 2.81. The average Bonchev–Trinajstić information content (AvgIpc) is 2.72. The summed E-state index contributed by atoms with van der Waals surface area (Å²) in [4.78, 5) is 0. The van der Waals surface area contributed by atoms with Gasteiger partial charge in [0.25, 0.3) is 0 Å². The lowest BCUT2D eigenvalue weighted by Crippen LogP contribution is -2.19. The first-order chi connectivity index (χ1) is 8.19. The molecule has 17 heavy (non-hydrogen) atoms. The zero-order valence-corrected chi connectivity index (χ0v) is 12.0. The highest BCUT2D eigenvalue weighted by atomic mass is 127. The zero-order valence-electron chi connectivity index (χ0n) is 9.89. The van der Waals surface area contributed by atoms with Crippen LogP contribution < -0.4 is 5.32 Å². The number of hydrogen-bond donors (Lipinski definition) is 1. The molecule has 2 aromatic rings. The molecule has 1 unspecified atom stereocenters. The van der Waals surface area contributed by atoms with E-state index in [1.807, 2.05) is 20.3 Å². The van der Waals surface area contributed by atoms with Gasteiger partial charge in [0.2, 0.25) is 0 Å². The van der Waals surface area contributed by atoms with Gasteiger partial charge >= 0.3 is 0 Å². The molecule has 1 heterocycles. The standard InChI is InChI=1S/C12H15IN4/c1-14-12(7-11-8-17(2)16-15-11)9-4-3-5-10(13)6-9/h3-6,8,12,14H,7H2,1-2H3. The third kappa shape index (κ3) is 3.26. The molecule has 1 atom stereocenters. The number of benzene rings is 1. The minimum Gasteiger partial charge on any atom is -0.313 e. The van der Waals surface area contributed by atoms with Crippen LogP contribution >= 0.6 is 22.6 Å². The van der Waals surface area contributed by atoms with Crippen LogP contribution in [0.4, 0.5) is 0 Å². The van der Waals surface area contributed by atoms with Crippen molar-refractivity contribution in [1.29, 1.82) is 0 Å². The fourth-order valence-electron chi connectivity index (χ4n) is 1.81. The molecule has 0 saturated heterocycles. The van der Waals surface area contributed by atoms with E-state index < -0.39 is 0 Å². The molecule has 0 aliphatic heterocycles. The lowest BCUT2D eigenvalue weighted by molar-refractivity contribution is 0.583. The molecule has 0 aliphatic carbocycles. The quantitative estimate of drug-likeness (QED) is 0.864. The Morgan fingerprint density at radius 1 is 1.47 bits per heavy atom. The average molecular weight is 342 g/mol. The molecule has 0 radical (unpaired) electrons. The van der Waals surface area contributed by atoms with Crippen LogP contribution in [0, 0.1) is 3.57 Å². The van der Waals surface area contributed by atoms with Gasteiger partial charge in [-0.25, -0.2) is 0 Å². The second-order valence-corrected chi connectivity index (χ2v) is 5.23. The fourth-order valence-corrected chi connectivity index (χ4v) is 2.38. The van der Waals surface area contributed by atoms with E-state index in [2.05, 4.69) is 62.5 Å². The first kappa shape index (κ1) is 12.5. The van der Waals surface area contributed by atoms with E-state index in [9.17, 15) is 0 Å². The van der Waals surface area contributed by atoms with Crippen LogP contribution in [0.2, 0.25) is 0 Å². The maximum Gasteiger partial charge on any atom is 0.0845 e. The van der Waals surface area contributed by atoms with E-state index >= 15 is 0 Å². The highest BCUT2D eigenvalue weighted by molar-refractivity contribution is 14.1. The van der Waals surface area contributed by atoms with Gasteiger partial charge in [-0.3, -0.25) is 4.68 Å². The number of nitrogens with zero attached hydrogens (tertiary/aromatic N) is 3. The van der Waals surface area contributed by atoms with Crippen molar-refractivity contribution in [2.75, 3.05) is 7.05 Å². The van der Waals surface area contributed by atoms with E-state index in [0.717, 1.165) is 12.1 Å². The van der Waals surface area contributed by atoms with Gasteiger partial charge in [0.1, 0.15) is 0 Å². The molecule has 4 nitrogen and oxygen atoms in total. The Kier molecular flexibility index (Phi) is 4.11. The molecule has 2 rings (SSSR count). The highest BCUT2D eigenvalue weighted by Crippen LogP contribution is 2.18. The van der Waals surface area contributed by atoms with E-state index in [1.165, 1.54) is 9.13 Å². The molecule has 0 fully saturated rings. The molecule has 0 aliphatic rings. The largest absolute Gasteiger partial charge is 0.313 e. The van der Waals surface area contributed by atoms with Crippen molar-refractivity contribution in [1.82, 2.24) is 20.3 Å². The van der Waals surface area contributed by atoms with E-state index in [-0.39, 0.29) is 6.04 Å². The molecule has 90 valence electrons. The van der Waals surface area contributed by atoms with Crippen molar-refractivity contribution < 1.29 is 0 Å². The lowest BCUT2D eigenvalue weighted by atomic mass is 10.0. The first-order valence-corrected chi connectivity index (χ1v) is 6.55. The van der Waals surface area contributed by atoms with Crippen molar-refractivity contribution in [3.05, 3.63) is 45.3 Å². The minimum absolute atomic E-state index is 0.279. The van der Waals surface area contributed by atoms with Gasteiger partial charge in [0, 0.05) is 29.3 Å². The molecule has 0 spiro atoms. The number of nitrogens with one attached hydrogen (secondary N) is 1. The number of aromatic nitrogens is 3. The number of hydrogen-bond acceptors (Lipinski definition) is 3. The highest BCUT2D eigenvalue weighted by Gasteiger charge is 2.12. The predicted octanol–water partition coefficient (Wildman–Crippen LogP) is 1.92. The van der Waals surface area contributed by atoms with Crippen LogP contribution in [0.15, 0.2) is 30.5 Å². The van der Waals surface area contributed by atoms with Gasteiger partial charge in [-0.1, -0.05) is 17.3 Å². The molecule has 0 saturated carbocycles. The Hall–Kier alpha value is -0.950. The zero-order chi connectivity index (χ0) is 12.3. The van der Waals surface area contributed by atoms with Crippen molar-refractivity contribution >= 4 is 22.6 Å². The number of halogens is 1. The van der Waals surface area contributed by atoms with E-state index in [1.54, 1.807) is 4.68 Å². The van der Waals surface area contributed by atoms with Crippen LogP contribution in [0.3, 0.4) is 0 Å². The van der Waals surface area contributed by atoms with Crippen molar-refractivity contribution in [3.8, 4) is 0 Å². The van der Waals surface area contributed by atoms with Gasteiger partial charge < -0.3 is 5.32 Å². The maximum absolute atomic E-state index is 4.12. The van der Waals surface area contributed by atoms with Crippen LogP contribution in [0.5, 0.6) is 0 Å². The summed E-state index contributed by atoms with van der Waals surface area (Å²) in [7, 11) is 3.86. The van der Waals surface area contributed by atoms with Gasteiger partial charge in [0.05, 0.1) is 5.69 Å². The third-order valence-corrected chi connectivity index (χ3v) is 3.33. The monoisotopic (exact) mass is 342 g/mol. The summed E-state index contributed by atoms with van der Waals surface area (Å²) >= 11 is 2.33. The maximum atomic E-state index is 4.12. The van der Waals surface area contributed by atoms with E-state index in [0.29, 0.717) is 0 Å². The Morgan fingerprint density at radius 3 is 2.88 bits per heavy atom. The van der Waals surface area contributed by atoms with Crippen LogP contribution in [0.25, 0.3) is 0 Å². The summed E-state index contributed by atoms with van der Waals surface area (Å²) < 4.78 is 2.98. The third-order valence-electron chi connectivity index (χ3n) is 2.66. The summed E-state index contributed by atoms with van der Waals surface area (Å²) in [6, 6.07) is 8.79. The summed E-state index contributed by atoms with van der Waals surface area (Å²) in [5.74, 6) is 0. The Balaban J connectivity index is 2.16. The fraction of sp³-hybridized carbons (Fsp3) is 0.333. The molecular weight excluding hydrogens is 327 g/mol. The molecule has 1 aromatic carbocycles. The van der Waals surface area contributed by atoms with Crippen LogP contribution in [-0.2, 0) is 13.5 Å². The van der Waals surface area contributed by atoms with Crippen molar-refractivity contribution in [2.24, 2.45) is 7.05 Å². The van der Waals surface area contributed by atoms with Gasteiger partial charge in [-0.2, -0.15) is 0 Å². The second kappa shape index (κ2) is 5.59. The smallest absolute Gasteiger partial charge is 0.0845 e. The first-order valence-electron chi connectivity index (χ1n) is 5.47. The Labute approximate surface area is 115 Å². The number of likely N-dealkylation sites (N-methyl/N-ethyl adjacent to an activating group) is 1. The summed E-state index contributed by atoms with van der Waals surface area (Å²) in [5, 5.41) is 11.4. The number of aryl methyl sites for hydroxylation is 1. The molecular formula is C12H15IN4. The number of rotatable bonds is 4. The van der Waals surface area contributed by atoms with Crippen LogP contribution in [-0.4, -0.2) is 22.0 Å².